The molecule has 150 valence electrons. The average molecular weight is 411 g/mol. The Morgan fingerprint density at radius 3 is 2.66 bits per heavy atom. The van der Waals surface area contributed by atoms with E-state index >= 15 is 0 Å². The van der Waals surface area contributed by atoms with Gasteiger partial charge < -0.3 is 0 Å². The minimum Gasteiger partial charge on any atom is -0.283 e. The van der Waals surface area contributed by atoms with E-state index in [1.807, 2.05) is 11.2 Å². The van der Waals surface area contributed by atoms with Crippen molar-refractivity contribution in [1.29, 1.82) is 0 Å². The van der Waals surface area contributed by atoms with E-state index in [2.05, 4.69) is 28.0 Å². The van der Waals surface area contributed by atoms with E-state index in [1.54, 1.807) is 10.7 Å². The third-order valence-electron chi connectivity index (χ3n) is 5.86. The van der Waals surface area contributed by atoms with Crippen molar-refractivity contribution in [2.75, 3.05) is 13.1 Å². The van der Waals surface area contributed by atoms with E-state index in [1.165, 1.54) is 42.2 Å². The van der Waals surface area contributed by atoms with E-state index < -0.39 is 11.7 Å². The molecule has 1 saturated heterocycles. The summed E-state index contributed by atoms with van der Waals surface area (Å²) in [6.07, 6.45) is 5.77. The molecule has 0 radical (unpaired) electrons. The first kappa shape index (κ1) is 18.6. The highest BCUT2D eigenvalue weighted by molar-refractivity contribution is 7.95. The smallest absolute Gasteiger partial charge is 0.265 e. The molecule has 7 heteroatoms. The zero-order valence-electron chi connectivity index (χ0n) is 16.4. The number of nitrogens with one attached hydrogen (secondary N) is 1. The Kier molecular flexibility index (Phi) is 4.80. The number of hydrogen-bond donors (Lipinski definition) is 1. The SMILES string of the molecule is Cc1nn(-c2ccc3c(c2)CCCC3)c2cc(F)c(C(=O)NSN3CCC3)cc12. The second kappa shape index (κ2) is 7.46. The van der Waals surface area contributed by atoms with E-state index in [4.69, 9.17) is 0 Å². The van der Waals surface area contributed by atoms with Gasteiger partial charge in [0.15, 0.2) is 0 Å². The van der Waals surface area contributed by atoms with Crippen LogP contribution in [0, 0.1) is 12.7 Å². The molecule has 2 aliphatic rings. The molecule has 3 aromatic rings. The van der Waals surface area contributed by atoms with Gasteiger partial charge in [-0.1, -0.05) is 6.07 Å². The molecule has 0 bridgehead atoms. The van der Waals surface area contributed by atoms with Crippen LogP contribution < -0.4 is 4.72 Å². The minimum atomic E-state index is -0.529. The fraction of sp³-hybridized carbons (Fsp3) is 0.364. The number of aromatic nitrogens is 2. The third kappa shape index (κ3) is 3.42. The molecule has 0 spiro atoms. The molecule has 1 fully saturated rings. The summed E-state index contributed by atoms with van der Waals surface area (Å²) in [6, 6.07) is 9.44. The van der Waals surface area contributed by atoms with Gasteiger partial charge in [0.25, 0.3) is 5.91 Å². The van der Waals surface area contributed by atoms with Crippen LogP contribution in [-0.4, -0.2) is 33.1 Å². The number of carbonyl (C=O) groups is 1. The quantitative estimate of drug-likeness (QED) is 0.650. The number of nitrogens with zero attached hydrogens (tertiary/aromatic N) is 3. The highest BCUT2D eigenvalue weighted by atomic mass is 32.2. The molecule has 0 atom stereocenters. The van der Waals surface area contributed by atoms with E-state index in [0.717, 1.165) is 49.1 Å². The summed E-state index contributed by atoms with van der Waals surface area (Å²) >= 11 is 1.25. The molecular weight excluding hydrogens is 387 g/mol. The fourth-order valence-electron chi connectivity index (χ4n) is 4.05. The largest absolute Gasteiger partial charge is 0.283 e. The normalized spacial score (nSPS) is 16.5. The molecule has 2 heterocycles. The molecule has 1 amide bonds. The lowest BCUT2D eigenvalue weighted by Gasteiger charge is -2.28. The van der Waals surface area contributed by atoms with Crippen molar-refractivity contribution in [3.8, 4) is 5.69 Å². The van der Waals surface area contributed by atoms with Crippen LogP contribution in [0.1, 0.15) is 46.4 Å². The van der Waals surface area contributed by atoms with Crippen molar-refractivity contribution < 1.29 is 9.18 Å². The first-order chi connectivity index (χ1) is 14.1. The maximum atomic E-state index is 14.8. The second-order valence-corrected chi connectivity index (χ2v) is 8.71. The molecule has 1 aliphatic heterocycles. The van der Waals surface area contributed by atoms with Crippen LogP contribution in [0.2, 0.25) is 0 Å². The van der Waals surface area contributed by atoms with Gasteiger partial charge in [-0.2, -0.15) is 5.10 Å². The average Bonchev–Trinajstić information content (AvgIpc) is 3.01. The number of rotatable bonds is 4. The Bertz CT molecular complexity index is 1110. The fourth-order valence-corrected chi connectivity index (χ4v) is 4.81. The van der Waals surface area contributed by atoms with Gasteiger partial charge in [-0.3, -0.25) is 9.52 Å². The topological polar surface area (TPSA) is 50.2 Å². The van der Waals surface area contributed by atoms with Crippen LogP contribution in [-0.2, 0) is 12.8 Å². The summed E-state index contributed by atoms with van der Waals surface area (Å²) in [5, 5.41) is 5.45. The van der Waals surface area contributed by atoms with Crippen molar-refractivity contribution >= 4 is 28.9 Å². The Labute approximate surface area is 173 Å². The Morgan fingerprint density at radius 2 is 1.90 bits per heavy atom. The molecule has 0 unspecified atom stereocenters. The van der Waals surface area contributed by atoms with Crippen molar-refractivity contribution in [1.82, 2.24) is 18.8 Å². The molecule has 2 aromatic carbocycles. The highest BCUT2D eigenvalue weighted by Crippen LogP contribution is 2.28. The summed E-state index contributed by atoms with van der Waals surface area (Å²) in [7, 11) is 0. The minimum absolute atomic E-state index is 0.0543. The number of hydrogen-bond acceptors (Lipinski definition) is 4. The molecule has 1 aliphatic carbocycles. The predicted octanol–water partition coefficient (Wildman–Crippen LogP) is 4.35. The van der Waals surface area contributed by atoms with Crippen LogP contribution in [0.4, 0.5) is 4.39 Å². The van der Waals surface area contributed by atoms with Crippen LogP contribution in [0.5, 0.6) is 0 Å². The maximum absolute atomic E-state index is 14.8. The van der Waals surface area contributed by atoms with Crippen LogP contribution >= 0.6 is 12.1 Å². The van der Waals surface area contributed by atoms with Crippen molar-refractivity contribution in [3.63, 3.8) is 0 Å². The van der Waals surface area contributed by atoms with Gasteiger partial charge >= 0.3 is 0 Å². The molecular formula is C22H23FN4OS. The molecule has 29 heavy (non-hydrogen) atoms. The van der Waals surface area contributed by atoms with Gasteiger partial charge in [0.05, 0.1) is 22.5 Å². The standard InChI is InChI=1S/C22H23FN4OS/c1-14-18-12-19(22(28)25-29-26-9-4-10-26)20(23)13-21(18)27(24-14)17-8-7-15-5-2-3-6-16(15)11-17/h7-8,11-13H,2-6,9-10H2,1H3,(H,25,28). The molecule has 5 rings (SSSR count). The lowest BCUT2D eigenvalue weighted by Crippen LogP contribution is -2.35. The number of aryl methyl sites for hydroxylation is 3. The number of halogens is 1. The van der Waals surface area contributed by atoms with E-state index in [0.29, 0.717) is 5.52 Å². The monoisotopic (exact) mass is 410 g/mol. The first-order valence-corrected chi connectivity index (χ1v) is 10.9. The summed E-state index contributed by atoms with van der Waals surface area (Å²) in [5.74, 6) is -0.944. The Morgan fingerprint density at radius 1 is 1.10 bits per heavy atom. The molecule has 1 aromatic heterocycles. The predicted molar refractivity (Wildman–Crippen MR) is 114 cm³/mol. The van der Waals surface area contributed by atoms with Gasteiger partial charge in [0.1, 0.15) is 5.82 Å². The van der Waals surface area contributed by atoms with Crippen LogP contribution in [0.3, 0.4) is 0 Å². The first-order valence-electron chi connectivity index (χ1n) is 10.1. The zero-order valence-corrected chi connectivity index (χ0v) is 17.2. The summed E-state index contributed by atoms with van der Waals surface area (Å²) in [4.78, 5) is 12.5. The number of amides is 1. The third-order valence-corrected chi connectivity index (χ3v) is 6.76. The van der Waals surface area contributed by atoms with Gasteiger partial charge in [0.2, 0.25) is 0 Å². The van der Waals surface area contributed by atoms with Crippen molar-refractivity contribution in [3.05, 3.63) is 58.5 Å². The van der Waals surface area contributed by atoms with E-state index in [-0.39, 0.29) is 5.56 Å². The van der Waals surface area contributed by atoms with E-state index in [9.17, 15) is 9.18 Å². The summed E-state index contributed by atoms with van der Waals surface area (Å²) < 4.78 is 21.4. The number of carbonyl (C=O) groups excluding carboxylic acids is 1. The van der Waals surface area contributed by atoms with Gasteiger partial charge in [-0.25, -0.2) is 13.4 Å². The van der Waals surface area contributed by atoms with Crippen molar-refractivity contribution in [2.45, 2.75) is 39.0 Å². The molecule has 1 N–H and O–H groups in total. The zero-order chi connectivity index (χ0) is 20.0. The lowest BCUT2D eigenvalue weighted by atomic mass is 9.91. The highest BCUT2D eigenvalue weighted by Gasteiger charge is 2.21. The van der Waals surface area contributed by atoms with Crippen molar-refractivity contribution in [2.24, 2.45) is 0 Å². The van der Waals surface area contributed by atoms with Gasteiger partial charge in [0, 0.05) is 36.7 Å². The molecule has 5 nitrogen and oxygen atoms in total. The number of fused-ring (bicyclic) bond motifs is 2. The Hall–Kier alpha value is -2.38. The van der Waals surface area contributed by atoms with Crippen LogP contribution in [0.25, 0.3) is 16.6 Å². The Balaban J connectivity index is 1.50. The summed E-state index contributed by atoms with van der Waals surface area (Å²) in [6.45, 7) is 3.78. The molecule has 0 saturated carbocycles. The van der Waals surface area contributed by atoms with Crippen LogP contribution in [0.15, 0.2) is 30.3 Å². The van der Waals surface area contributed by atoms with Gasteiger partial charge in [-0.15, -0.1) is 0 Å². The summed E-state index contributed by atoms with van der Waals surface area (Å²) in [5.41, 5.74) is 5.21. The number of benzene rings is 2. The lowest BCUT2D eigenvalue weighted by molar-refractivity contribution is 0.0978. The maximum Gasteiger partial charge on any atom is 0.265 e. The van der Waals surface area contributed by atoms with Gasteiger partial charge in [-0.05, 0) is 68.4 Å². The second-order valence-electron chi connectivity index (χ2n) is 7.81.